The lowest BCUT2D eigenvalue weighted by Gasteiger charge is -2.21. The molecule has 0 amide bonds. The summed E-state index contributed by atoms with van der Waals surface area (Å²) in [4.78, 5) is 45.7. The molecule has 3 aromatic rings. The van der Waals surface area contributed by atoms with Gasteiger partial charge in [-0.05, 0) is 86.6 Å². The number of fused-ring (bicyclic) bond motifs is 1. The first-order valence-corrected chi connectivity index (χ1v) is 15.5. The number of carboxylic acids is 1. The number of amidine groups is 1. The Morgan fingerprint density at radius 2 is 1.84 bits per heavy atom. The van der Waals surface area contributed by atoms with E-state index in [2.05, 4.69) is 30.2 Å². The molecule has 0 unspecified atom stereocenters. The van der Waals surface area contributed by atoms with E-state index in [-0.39, 0.29) is 35.1 Å². The van der Waals surface area contributed by atoms with Crippen molar-refractivity contribution >= 4 is 44.8 Å². The molecule has 0 aliphatic carbocycles. The quantitative estimate of drug-likeness (QED) is 0.0973. The number of aliphatic carboxylic acids is 1. The fourth-order valence-corrected chi connectivity index (χ4v) is 6.81. The Bertz CT molecular complexity index is 1830. The molecule has 2 aromatic carbocycles. The largest absolute Gasteiger partial charge is 0.480 e. The molecule has 14 heteroatoms. The van der Waals surface area contributed by atoms with E-state index >= 15 is 0 Å². The summed E-state index contributed by atoms with van der Waals surface area (Å²) in [7, 11) is -4.22. The minimum Gasteiger partial charge on any atom is -0.480 e. The number of aromatic nitrogens is 2. The number of carboxylic acid groups (broad SMARTS) is 1. The fourth-order valence-electron chi connectivity index (χ4n) is 5.02. The van der Waals surface area contributed by atoms with E-state index < -0.39 is 27.6 Å². The number of hydrogen-bond donors (Lipinski definition) is 5. The number of aromatic amines is 1. The van der Waals surface area contributed by atoms with E-state index in [0.717, 1.165) is 36.1 Å². The molecule has 1 atom stereocenters. The van der Waals surface area contributed by atoms with Gasteiger partial charge in [0.25, 0.3) is 5.56 Å². The Hall–Kier alpha value is -4.40. The minimum atomic E-state index is -4.22. The van der Waals surface area contributed by atoms with Gasteiger partial charge in [0.05, 0.1) is 22.4 Å². The molecule has 0 bridgehead atoms. The molecule has 0 fully saturated rings. The Morgan fingerprint density at radius 1 is 1.16 bits per heavy atom. The maximum absolute atomic E-state index is 13.4. The number of hydrogen-bond acceptors (Lipinski definition) is 8. The standard InChI is InChI=1S/C30H37N7O6S/c1-16-17(2)19(4)27(20(5)18(16)3)44(41,42)37-24(29(39)40)15-26-33-23-11-10-21(14-22(23)28(38)34-26)8-7-13-43-36-30(31)35-25-9-6-12-32-25/h7-8,10-11,14,24,37H,6,9,12-13,15H2,1-5H3,(H,39,40)(H,33,34,38)(H3,31,32,35,36)/b8-7+/t24-/m0/s1. The second-order valence-electron chi connectivity index (χ2n) is 10.7. The van der Waals surface area contributed by atoms with Crippen molar-refractivity contribution in [2.24, 2.45) is 15.7 Å². The highest BCUT2D eigenvalue weighted by Crippen LogP contribution is 2.29. The Labute approximate surface area is 255 Å². The number of rotatable bonds is 10. The summed E-state index contributed by atoms with van der Waals surface area (Å²) < 4.78 is 29.2. The van der Waals surface area contributed by atoms with Crippen LogP contribution in [0.2, 0.25) is 0 Å². The van der Waals surface area contributed by atoms with E-state index in [1.54, 1.807) is 44.2 Å². The van der Waals surface area contributed by atoms with Crippen LogP contribution in [0.4, 0.5) is 0 Å². The van der Waals surface area contributed by atoms with Gasteiger partial charge in [0, 0.05) is 19.4 Å². The topological polar surface area (TPSA) is 201 Å². The first-order valence-electron chi connectivity index (χ1n) is 14.1. The molecular formula is C30H37N7O6S. The summed E-state index contributed by atoms with van der Waals surface area (Å²) in [5.41, 5.74) is 12.6. The number of hydroxylamine groups is 1. The smallest absolute Gasteiger partial charge is 0.322 e. The lowest BCUT2D eigenvalue weighted by Crippen LogP contribution is -2.43. The van der Waals surface area contributed by atoms with Crippen molar-refractivity contribution in [1.82, 2.24) is 20.2 Å². The van der Waals surface area contributed by atoms with Crippen molar-refractivity contribution in [2.45, 2.75) is 64.8 Å². The van der Waals surface area contributed by atoms with E-state index in [0.29, 0.717) is 28.0 Å². The fraction of sp³-hybridized carbons (Fsp3) is 0.367. The van der Waals surface area contributed by atoms with Crippen LogP contribution in [-0.2, 0) is 26.1 Å². The highest BCUT2D eigenvalue weighted by Gasteiger charge is 2.30. The highest BCUT2D eigenvalue weighted by atomic mass is 32.2. The lowest BCUT2D eigenvalue weighted by molar-refractivity contribution is -0.139. The number of benzene rings is 2. The molecule has 13 nitrogen and oxygen atoms in total. The monoisotopic (exact) mass is 623 g/mol. The molecule has 1 aliphatic heterocycles. The van der Waals surface area contributed by atoms with Crippen LogP contribution in [-0.4, -0.2) is 60.5 Å². The zero-order chi connectivity index (χ0) is 32.2. The number of nitrogens with zero attached hydrogens (tertiary/aromatic N) is 3. The van der Waals surface area contributed by atoms with Gasteiger partial charge in [0.2, 0.25) is 16.0 Å². The third kappa shape index (κ3) is 7.38. The zero-order valence-corrected chi connectivity index (χ0v) is 26.1. The van der Waals surface area contributed by atoms with Crippen LogP contribution in [0, 0.1) is 34.6 Å². The molecule has 0 saturated carbocycles. The summed E-state index contributed by atoms with van der Waals surface area (Å²) in [6.45, 7) is 9.91. The maximum Gasteiger partial charge on any atom is 0.322 e. The molecule has 4 rings (SSSR count). The van der Waals surface area contributed by atoms with E-state index in [1.807, 2.05) is 20.8 Å². The number of nitrogens with two attached hydrogens (primary N) is 1. The molecule has 44 heavy (non-hydrogen) atoms. The van der Waals surface area contributed by atoms with Gasteiger partial charge in [-0.3, -0.25) is 19.4 Å². The zero-order valence-electron chi connectivity index (χ0n) is 25.3. The molecule has 0 spiro atoms. The summed E-state index contributed by atoms with van der Waals surface area (Å²) in [5.74, 6) is -0.566. The third-order valence-electron chi connectivity index (χ3n) is 7.74. The summed E-state index contributed by atoms with van der Waals surface area (Å²) in [5, 5.41) is 10.2. The Balaban J connectivity index is 1.47. The van der Waals surface area contributed by atoms with Gasteiger partial charge >= 0.3 is 5.97 Å². The predicted octanol–water partition coefficient (Wildman–Crippen LogP) is 2.48. The van der Waals surface area contributed by atoms with Gasteiger partial charge < -0.3 is 15.8 Å². The van der Waals surface area contributed by atoms with E-state index in [1.165, 1.54) is 0 Å². The average molecular weight is 624 g/mol. The van der Waals surface area contributed by atoms with Crippen LogP contribution in [0.15, 0.2) is 43.9 Å². The lowest BCUT2D eigenvalue weighted by atomic mass is 9.95. The third-order valence-corrected chi connectivity index (χ3v) is 9.48. The molecular weight excluding hydrogens is 586 g/mol. The van der Waals surface area contributed by atoms with Crippen LogP contribution < -0.4 is 21.5 Å². The number of nitrogens with one attached hydrogen (secondary N) is 3. The normalized spacial score (nSPS) is 14.8. The van der Waals surface area contributed by atoms with Crippen molar-refractivity contribution < 1.29 is 23.2 Å². The Kier molecular flexibility index (Phi) is 9.97. The molecule has 234 valence electrons. The van der Waals surface area contributed by atoms with Crippen molar-refractivity contribution in [3.05, 3.63) is 73.8 Å². The van der Waals surface area contributed by atoms with Gasteiger partial charge in [-0.25, -0.2) is 18.9 Å². The number of sulfonamides is 1. The second kappa shape index (κ2) is 13.5. The predicted molar refractivity (Wildman–Crippen MR) is 169 cm³/mol. The molecule has 0 radical (unpaired) electrons. The Morgan fingerprint density at radius 3 is 2.48 bits per heavy atom. The van der Waals surface area contributed by atoms with Crippen molar-refractivity contribution in [3.8, 4) is 0 Å². The molecule has 6 N–H and O–H groups in total. The van der Waals surface area contributed by atoms with Crippen LogP contribution >= 0.6 is 0 Å². The second-order valence-corrected chi connectivity index (χ2v) is 12.3. The highest BCUT2D eigenvalue weighted by molar-refractivity contribution is 7.89. The molecule has 2 heterocycles. The number of guanidine groups is 1. The van der Waals surface area contributed by atoms with Crippen LogP contribution in [0.5, 0.6) is 0 Å². The molecule has 1 aromatic heterocycles. The van der Waals surface area contributed by atoms with Crippen molar-refractivity contribution in [2.75, 3.05) is 13.2 Å². The van der Waals surface area contributed by atoms with Gasteiger partial charge in [0.1, 0.15) is 17.7 Å². The first-order chi connectivity index (χ1) is 20.8. The molecule has 1 aliphatic rings. The van der Waals surface area contributed by atoms with E-state index in [4.69, 9.17) is 10.6 Å². The van der Waals surface area contributed by atoms with Gasteiger partial charge in [-0.15, -0.1) is 0 Å². The van der Waals surface area contributed by atoms with Gasteiger partial charge in [0.15, 0.2) is 0 Å². The van der Waals surface area contributed by atoms with Gasteiger partial charge in [-0.2, -0.15) is 9.71 Å². The number of carbonyl (C=O) groups is 1. The van der Waals surface area contributed by atoms with Crippen LogP contribution in [0.3, 0.4) is 0 Å². The van der Waals surface area contributed by atoms with E-state index in [9.17, 15) is 23.1 Å². The van der Waals surface area contributed by atoms with Gasteiger partial charge in [-0.1, -0.05) is 18.2 Å². The van der Waals surface area contributed by atoms with Crippen LogP contribution in [0.1, 0.15) is 52.0 Å². The van der Waals surface area contributed by atoms with Crippen molar-refractivity contribution in [1.29, 1.82) is 0 Å². The molecule has 0 saturated heterocycles. The average Bonchev–Trinajstić information content (AvgIpc) is 3.47. The number of H-pyrrole nitrogens is 1. The van der Waals surface area contributed by atoms with Crippen LogP contribution in [0.25, 0.3) is 17.0 Å². The number of aliphatic imine (C=N–C) groups is 2. The SMILES string of the molecule is Cc1c(C)c(C)c(S(=O)(=O)N[C@@H](Cc2nc3ccc(/C=C/CONC(N)=NC4=NCCC4)cc3c(=O)[nH]2)C(=O)O)c(C)c1C. The minimum absolute atomic E-state index is 0.0351. The summed E-state index contributed by atoms with van der Waals surface area (Å²) in [6, 6.07) is 3.43. The van der Waals surface area contributed by atoms with Crippen molar-refractivity contribution in [3.63, 3.8) is 0 Å². The first kappa shape index (κ1) is 32.5. The summed E-state index contributed by atoms with van der Waals surface area (Å²) in [6.07, 6.45) is 4.84. The summed E-state index contributed by atoms with van der Waals surface area (Å²) >= 11 is 0. The maximum atomic E-state index is 13.4.